The summed E-state index contributed by atoms with van der Waals surface area (Å²) in [6.45, 7) is 1.91. The van der Waals surface area contributed by atoms with Crippen molar-refractivity contribution in [2.45, 2.75) is 6.92 Å². The summed E-state index contributed by atoms with van der Waals surface area (Å²) in [5.74, 6) is 0.121. The second-order valence-corrected chi connectivity index (χ2v) is 6.48. The van der Waals surface area contributed by atoms with Crippen molar-refractivity contribution in [2.75, 3.05) is 12.4 Å². The molecule has 0 atom stereocenters. The fourth-order valence-corrected chi connectivity index (χ4v) is 3.22. The maximum Gasteiger partial charge on any atom is 0.188 e. The lowest BCUT2D eigenvalue weighted by molar-refractivity contribution is 0.411. The van der Waals surface area contributed by atoms with Crippen LogP contribution in [0.5, 0.6) is 5.75 Å². The third-order valence-corrected chi connectivity index (χ3v) is 4.56. The van der Waals surface area contributed by atoms with Gasteiger partial charge in [0.2, 0.25) is 0 Å². The van der Waals surface area contributed by atoms with Crippen LogP contribution in [-0.2, 0) is 0 Å². The van der Waals surface area contributed by atoms with Crippen LogP contribution >= 0.6 is 39.9 Å². The Morgan fingerprint density at radius 1 is 1.21 bits per heavy atom. The van der Waals surface area contributed by atoms with Crippen molar-refractivity contribution in [3.63, 3.8) is 0 Å². The Kier molecular flexibility index (Phi) is 6.21. The van der Waals surface area contributed by atoms with E-state index in [-0.39, 0.29) is 22.8 Å². The summed E-state index contributed by atoms with van der Waals surface area (Å²) in [5, 5.41) is 4.45. The summed E-state index contributed by atoms with van der Waals surface area (Å²) >= 11 is 7.59. The number of anilines is 2. The average molecular weight is 430 g/mol. The van der Waals surface area contributed by atoms with E-state index in [0.717, 1.165) is 10.6 Å². The number of benzene rings is 2. The second kappa shape index (κ2) is 7.96. The molecule has 0 amide bonds. The highest BCUT2D eigenvalue weighted by atomic mass is 79.9. The molecule has 1 heterocycles. The quantitative estimate of drug-likeness (QED) is 0.533. The highest BCUT2D eigenvalue weighted by molar-refractivity contribution is 8.93. The topological polar surface area (TPSA) is 34.1 Å². The molecule has 0 spiro atoms. The largest absolute Gasteiger partial charge is 0.497 e. The maximum absolute atomic E-state index is 14.2. The van der Waals surface area contributed by atoms with Crippen molar-refractivity contribution >= 4 is 50.7 Å². The van der Waals surface area contributed by atoms with Crippen LogP contribution in [0.15, 0.2) is 42.5 Å². The van der Waals surface area contributed by atoms with E-state index in [1.165, 1.54) is 24.5 Å². The smallest absolute Gasteiger partial charge is 0.188 e. The number of methoxy groups -OCH3 is 1. The van der Waals surface area contributed by atoms with Gasteiger partial charge < -0.3 is 10.1 Å². The van der Waals surface area contributed by atoms with Gasteiger partial charge in [-0.25, -0.2) is 9.37 Å². The van der Waals surface area contributed by atoms with Crippen molar-refractivity contribution in [3.05, 3.63) is 58.2 Å². The van der Waals surface area contributed by atoms with Gasteiger partial charge in [-0.2, -0.15) is 0 Å². The van der Waals surface area contributed by atoms with E-state index >= 15 is 0 Å². The number of nitrogens with zero attached hydrogens (tertiary/aromatic N) is 1. The molecular formula is C17H15BrClFN2OS. The Balaban J connectivity index is 0.00000208. The minimum absolute atomic E-state index is 0. The first kappa shape index (κ1) is 18.7. The van der Waals surface area contributed by atoms with Gasteiger partial charge >= 0.3 is 0 Å². The first-order chi connectivity index (χ1) is 11.1. The maximum atomic E-state index is 14.2. The number of aromatic nitrogens is 1. The molecule has 3 aromatic rings. The molecule has 1 aromatic heterocycles. The standard InChI is InChI=1S/C17H14ClFN2OS.BrH/c1-10-16(12-8-7-11(22-2)9-14(12)19)21-17(23-10)20-15-6-4-3-5-13(15)18;/h3-9H,1-2H3,(H,20,21);1H. The molecule has 24 heavy (non-hydrogen) atoms. The Morgan fingerprint density at radius 2 is 1.96 bits per heavy atom. The number of thiazole rings is 1. The number of rotatable bonds is 4. The van der Waals surface area contributed by atoms with Gasteiger partial charge in [0.05, 0.1) is 23.5 Å². The molecule has 2 aromatic carbocycles. The van der Waals surface area contributed by atoms with Gasteiger partial charge in [0.15, 0.2) is 5.13 Å². The first-order valence-electron chi connectivity index (χ1n) is 6.91. The van der Waals surface area contributed by atoms with Gasteiger partial charge in [-0.05, 0) is 31.2 Å². The highest BCUT2D eigenvalue weighted by Gasteiger charge is 2.15. The summed E-state index contributed by atoms with van der Waals surface area (Å²) in [6.07, 6.45) is 0. The average Bonchev–Trinajstić information content (AvgIpc) is 2.90. The number of aryl methyl sites for hydroxylation is 1. The van der Waals surface area contributed by atoms with Crippen LogP contribution in [0.4, 0.5) is 15.2 Å². The third-order valence-electron chi connectivity index (χ3n) is 3.34. The van der Waals surface area contributed by atoms with Crippen LogP contribution < -0.4 is 10.1 Å². The molecule has 0 fully saturated rings. The van der Waals surface area contributed by atoms with Gasteiger partial charge in [0, 0.05) is 16.5 Å². The van der Waals surface area contributed by atoms with Crippen molar-refractivity contribution < 1.29 is 9.13 Å². The van der Waals surface area contributed by atoms with Crippen LogP contribution in [0.2, 0.25) is 5.02 Å². The zero-order chi connectivity index (χ0) is 16.4. The number of hydrogen-bond acceptors (Lipinski definition) is 4. The molecule has 126 valence electrons. The normalized spacial score (nSPS) is 10.2. The summed E-state index contributed by atoms with van der Waals surface area (Å²) in [6, 6.07) is 12.2. The zero-order valence-corrected chi connectivity index (χ0v) is 16.3. The van der Waals surface area contributed by atoms with Crippen LogP contribution in [0, 0.1) is 12.7 Å². The van der Waals surface area contributed by atoms with Crippen molar-refractivity contribution in [3.8, 4) is 17.0 Å². The van der Waals surface area contributed by atoms with Gasteiger partial charge in [0.25, 0.3) is 0 Å². The van der Waals surface area contributed by atoms with Crippen LogP contribution in [-0.4, -0.2) is 12.1 Å². The Labute approximate surface area is 159 Å². The van der Waals surface area contributed by atoms with E-state index in [4.69, 9.17) is 16.3 Å². The summed E-state index contributed by atoms with van der Waals surface area (Å²) in [4.78, 5) is 5.42. The van der Waals surface area contributed by atoms with Crippen molar-refractivity contribution in [1.29, 1.82) is 0 Å². The minimum atomic E-state index is -0.359. The number of para-hydroxylation sites is 1. The van der Waals surface area contributed by atoms with Crippen molar-refractivity contribution in [2.24, 2.45) is 0 Å². The summed E-state index contributed by atoms with van der Waals surface area (Å²) in [7, 11) is 1.51. The Hall–Kier alpha value is -1.63. The fraction of sp³-hybridized carbons (Fsp3) is 0.118. The Bertz CT molecular complexity index is 856. The monoisotopic (exact) mass is 428 g/mol. The van der Waals surface area contributed by atoms with E-state index in [1.54, 1.807) is 18.2 Å². The molecule has 0 aliphatic rings. The molecule has 0 unspecified atom stereocenters. The van der Waals surface area contributed by atoms with Gasteiger partial charge in [-0.3, -0.25) is 0 Å². The molecule has 1 N–H and O–H groups in total. The number of ether oxygens (including phenoxy) is 1. The molecule has 0 aliphatic heterocycles. The van der Waals surface area contributed by atoms with E-state index in [0.29, 0.717) is 27.2 Å². The predicted octanol–water partition coefficient (Wildman–Crippen LogP) is 6.24. The molecule has 7 heteroatoms. The van der Waals surface area contributed by atoms with Crippen LogP contribution in [0.3, 0.4) is 0 Å². The Morgan fingerprint density at radius 3 is 2.62 bits per heavy atom. The molecule has 3 nitrogen and oxygen atoms in total. The number of nitrogens with one attached hydrogen (secondary N) is 1. The fourth-order valence-electron chi connectivity index (χ4n) is 2.19. The lowest BCUT2D eigenvalue weighted by atomic mass is 10.1. The minimum Gasteiger partial charge on any atom is -0.497 e. The van der Waals surface area contributed by atoms with E-state index in [1.807, 2.05) is 25.1 Å². The summed E-state index contributed by atoms with van der Waals surface area (Å²) in [5.41, 5.74) is 1.83. The SMILES string of the molecule is Br.COc1ccc(-c2nc(Nc3ccccc3Cl)sc2C)c(F)c1. The zero-order valence-electron chi connectivity index (χ0n) is 13.0. The predicted molar refractivity (Wildman–Crippen MR) is 104 cm³/mol. The van der Waals surface area contributed by atoms with E-state index in [2.05, 4.69) is 10.3 Å². The number of halogens is 3. The molecular weight excluding hydrogens is 415 g/mol. The first-order valence-corrected chi connectivity index (χ1v) is 8.11. The third kappa shape index (κ3) is 3.88. The van der Waals surface area contributed by atoms with E-state index in [9.17, 15) is 4.39 Å². The highest BCUT2D eigenvalue weighted by Crippen LogP contribution is 2.35. The molecule has 3 rings (SSSR count). The molecule has 0 saturated heterocycles. The van der Waals surface area contributed by atoms with Gasteiger partial charge in [-0.1, -0.05) is 23.7 Å². The van der Waals surface area contributed by atoms with Gasteiger partial charge in [0.1, 0.15) is 11.6 Å². The van der Waals surface area contributed by atoms with Crippen molar-refractivity contribution in [1.82, 2.24) is 4.98 Å². The van der Waals surface area contributed by atoms with Crippen LogP contribution in [0.1, 0.15) is 4.88 Å². The molecule has 0 aliphatic carbocycles. The molecule has 0 saturated carbocycles. The lowest BCUT2D eigenvalue weighted by Crippen LogP contribution is -1.92. The van der Waals surface area contributed by atoms with E-state index < -0.39 is 0 Å². The second-order valence-electron chi connectivity index (χ2n) is 4.87. The van der Waals surface area contributed by atoms with Gasteiger partial charge in [-0.15, -0.1) is 28.3 Å². The van der Waals surface area contributed by atoms with Crippen LogP contribution in [0.25, 0.3) is 11.3 Å². The molecule has 0 bridgehead atoms. The molecule has 0 radical (unpaired) electrons. The summed E-state index contributed by atoms with van der Waals surface area (Å²) < 4.78 is 19.3. The number of hydrogen-bond donors (Lipinski definition) is 1. The lowest BCUT2D eigenvalue weighted by Gasteiger charge is -2.05.